The van der Waals surface area contributed by atoms with Crippen molar-refractivity contribution in [3.8, 4) is 5.75 Å². The molecular weight excluding hydrogens is 258 g/mol. The van der Waals surface area contributed by atoms with Crippen LogP contribution in [0.1, 0.15) is 16.1 Å². The van der Waals surface area contributed by atoms with Gasteiger partial charge >= 0.3 is 5.97 Å². The summed E-state index contributed by atoms with van der Waals surface area (Å²) in [6.07, 6.45) is 2.88. The van der Waals surface area contributed by atoms with Gasteiger partial charge in [0.15, 0.2) is 11.5 Å². The fourth-order valence-electron chi connectivity index (χ4n) is 2.22. The molecule has 2 aromatic rings. The van der Waals surface area contributed by atoms with Crippen LogP contribution in [0.2, 0.25) is 0 Å². The first-order valence-electron chi connectivity index (χ1n) is 6.25. The molecule has 1 N–H and O–H groups in total. The number of carboxylic acids is 1. The molecule has 1 aromatic heterocycles. The van der Waals surface area contributed by atoms with Crippen molar-refractivity contribution in [2.45, 2.75) is 6.54 Å². The minimum Gasteiger partial charge on any atom is -0.491 e. The van der Waals surface area contributed by atoms with E-state index in [1.165, 1.54) is 12.4 Å². The fourth-order valence-corrected chi connectivity index (χ4v) is 2.22. The van der Waals surface area contributed by atoms with Gasteiger partial charge in [0.05, 0.1) is 6.54 Å². The minimum absolute atomic E-state index is 0.0353. The summed E-state index contributed by atoms with van der Waals surface area (Å²) >= 11 is 0. The minimum atomic E-state index is -1.08. The predicted molar refractivity (Wildman–Crippen MR) is 72.0 cm³/mol. The molecule has 2 heterocycles. The van der Waals surface area contributed by atoms with Gasteiger partial charge in [0.1, 0.15) is 12.4 Å². The van der Waals surface area contributed by atoms with Crippen LogP contribution in [-0.4, -0.2) is 34.2 Å². The first-order valence-corrected chi connectivity index (χ1v) is 6.25. The third-order valence-corrected chi connectivity index (χ3v) is 3.13. The molecule has 0 aliphatic carbocycles. The maximum Gasteiger partial charge on any atom is 0.358 e. The van der Waals surface area contributed by atoms with Crippen LogP contribution < -0.4 is 9.64 Å². The average molecular weight is 271 g/mol. The number of hydrogen-bond donors (Lipinski definition) is 1. The molecule has 3 rings (SSSR count). The Kier molecular flexibility index (Phi) is 3.20. The number of carbonyl (C=O) groups is 1. The number of para-hydroxylation sites is 1. The average Bonchev–Trinajstić information content (AvgIpc) is 2.69. The van der Waals surface area contributed by atoms with Gasteiger partial charge in [-0.3, -0.25) is 0 Å². The van der Waals surface area contributed by atoms with E-state index < -0.39 is 5.97 Å². The van der Waals surface area contributed by atoms with E-state index in [1.807, 2.05) is 29.2 Å². The summed E-state index contributed by atoms with van der Waals surface area (Å²) in [6, 6.07) is 7.72. The standard InChI is InChI=1S/C14H13N3O3/c18-14(19)12-13(16-6-5-15-12)17-7-8-20-11-4-2-1-3-10(11)9-17/h1-6H,7-9H2,(H,18,19). The van der Waals surface area contributed by atoms with E-state index in [4.69, 9.17) is 4.74 Å². The molecular formula is C14H13N3O3. The Hall–Kier alpha value is -2.63. The zero-order chi connectivity index (χ0) is 13.9. The highest BCUT2D eigenvalue weighted by molar-refractivity contribution is 5.90. The molecule has 0 amide bonds. The number of rotatable bonds is 2. The lowest BCUT2D eigenvalue weighted by Gasteiger charge is -2.21. The van der Waals surface area contributed by atoms with Gasteiger partial charge in [-0.1, -0.05) is 18.2 Å². The zero-order valence-electron chi connectivity index (χ0n) is 10.7. The number of fused-ring (bicyclic) bond motifs is 1. The van der Waals surface area contributed by atoms with Crippen LogP contribution in [0, 0.1) is 0 Å². The van der Waals surface area contributed by atoms with Crippen LogP contribution in [0.3, 0.4) is 0 Å². The van der Waals surface area contributed by atoms with E-state index in [1.54, 1.807) is 0 Å². The lowest BCUT2D eigenvalue weighted by atomic mass is 10.2. The van der Waals surface area contributed by atoms with Crippen molar-refractivity contribution in [2.24, 2.45) is 0 Å². The van der Waals surface area contributed by atoms with Crippen LogP contribution >= 0.6 is 0 Å². The van der Waals surface area contributed by atoms with E-state index in [0.717, 1.165) is 11.3 Å². The molecule has 1 aliphatic rings. The molecule has 20 heavy (non-hydrogen) atoms. The highest BCUT2D eigenvalue weighted by atomic mass is 16.5. The number of aromatic carboxylic acids is 1. The quantitative estimate of drug-likeness (QED) is 0.893. The summed E-state index contributed by atoms with van der Waals surface area (Å²) < 4.78 is 5.66. The molecule has 0 atom stereocenters. The Morgan fingerprint density at radius 3 is 2.90 bits per heavy atom. The van der Waals surface area contributed by atoms with Crippen molar-refractivity contribution >= 4 is 11.8 Å². The monoisotopic (exact) mass is 271 g/mol. The van der Waals surface area contributed by atoms with Gasteiger partial charge in [-0.2, -0.15) is 0 Å². The lowest BCUT2D eigenvalue weighted by molar-refractivity contribution is 0.0690. The molecule has 6 heteroatoms. The Morgan fingerprint density at radius 1 is 1.25 bits per heavy atom. The van der Waals surface area contributed by atoms with E-state index in [2.05, 4.69) is 9.97 Å². The molecule has 0 unspecified atom stereocenters. The lowest BCUT2D eigenvalue weighted by Crippen LogP contribution is -2.28. The smallest absolute Gasteiger partial charge is 0.358 e. The first kappa shape index (κ1) is 12.4. The van der Waals surface area contributed by atoms with Gasteiger partial charge in [-0.05, 0) is 6.07 Å². The molecule has 6 nitrogen and oxygen atoms in total. The summed E-state index contributed by atoms with van der Waals surface area (Å²) in [6.45, 7) is 1.59. The summed E-state index contributed by atoms with van der Waals surface area (Å²) in [7, 11) is 0. The van der Waals surface area contributed by atoms with E-state index in [9.17, 15) is 9.90 Å². The Labute approximate surface area is 115 Å². The maximum atomic E-state index is 11.2. The largest absolute Gasteiger partial charge is 0.491 e. The summed E-state index contributed by atoms with van der Waals surface area (Å²) in [5.41, 5.74) is 0.971. The highest BCUT2D eigenvalue weighted by Crippen LogP contribution is 2.26. The van der Waals surface area contributed by atoms with Gasteiger partial charge in [0, 0.05) is 24.5 Å². The van der Waals surface area contributed by atoms with E-state index >= 15 is 0 Å². The maximum absolute atomic E-state index is 11.2. The van der Waals surface area contributed by atoms with Gasteiger partial charge in [0.2, 0.25) is 0 Å². The number of carboxylic acid groups (broad SMARTS) is 1. The predicted octanol–water partition coefficient (Wildman–Crippen LogP) is 1.57. The Bertz CT molecular complexity index is 645. The van der Waals surface area contributed by atoms with Crippen molar-refractivity contribution < 1.29 is 14.6 Å². The van der Waals surface area contributed by atoms with E-state index in [0.29, 0.717) is 25.5 Å². The molecule has 0 radical (unpaired) electrons. The molecule has 0 spiro atoms. The number of aromatic nitrogens is 2. The molecule has 0 saturated carbocycles. The van der Waals surface area contributed by atoms with Gasteiger partial charge in [0.25, 0.3) is 0 Å². The van der Waals surface area contributed by atoms with Crippen LogP contribution in [0.4, 0.5) is 5.82 Å². The van der Waals surface area contributed by atoms with Crippen LogP contribution in [0.5, 0.6) is 5.75 Å². The normalized spacial score (nSPS) is 14.1. The Morgan fingerprint density at radius 2 is 2.05 bits per heavy atom. The third kappa shape index (κ3) is 2.27. The molecule has 0 bridgehead atoms. The number of ether oxygens (including phenoxy) is 1. The molecule has 102 valence electrons. The second-order valence-corrected chi connectivity index (χ2v) is 4.41. The van der Waals surface area contributed by atoms with Crippen LogP contribution in [-0.2, 0) is 6.54 Å². The summed E-state index contributed by atoms with van der Waals surface area (Å²) in [5, 5.41) is 9.20. The van der Waals surface area contributed by atoms with Crippen molar-refractivity contribution in [2.75, 3.05) is 18.1 Å². The van der Waals surface area contributed by atoms with Crippen molar-refractivity contribution in [3.05, 3.63) is 47.9 Å². The van der Waals surface area contributed by atoms with E-state index in [-0.39, 0.29) is 5.69 Å². The van der Waals surface area contributed by atoms with Gasteiger partial charge in [-0.15, -0.1) is 0 Å². The topological polar surface area (TPSA) is 75.5 Å². The van der Waals surface area contributed by atoms with Crippen molar-refractivity contribution in [1.82, 2.24) is 9.97 Å². The number of benzene rings is 1. The third-order valence-electron chi connectivity index (χ3n) is 3.13. The number of nitrogens with zero attached hydrogens (tertiary/aromatic N) is 3. The van der Waals surface area contributed by atoms with Crippen molar-refractivity contribution in [1.29, 1.82) is 0 Å². The second kappa shape index (κ2) is 5.16. The number of anilines is 1. The zero-order valence-corrected chi connectivity index (χ0v) is 10.7. The molecule has 1 aromatic carbocycles. The highest BCUT2D eigenvalue weighted by Gasteiger charge is 2.22. The number of hydrogen-bond acceptors (Lipinski definition) is 5. The summed E-state index contributed by atoms with van der Waals surface area (Å²) in [5.74, 6) is 0.127. The van der Waals surface area contributed by atoms with Gasteiger partial charge in [-0.25, -0.2) is 14.8 Å². The SMILES string of the molecule is O=C(O)c1nccnc1N1CCOc2ccccc2C1. The molecule has 0 saturated heterocycles. The van der Waals surface area contributed by atoms with Gasteiger partial charge < -0.3 is 14.7 Å². The molecule has 1 aliphatic heterocycles. The summed E-state index contributed by atoms with van der Waals surface area (Å²) in [4.78, 5) is 21.2. The fraction of sp³-hybridized carbons (Fsp3) is 0.214. The second-order valence-electron chi connectivity index (χ2n) is 4.41. The van der Waals surface area contributed by atoms with Crippen LogP contribution in [0.15, 0.2) is 36.7 Å². The Balaban J connectivity index is 1.98. The van der Waals surface area contributed by atoms with Crippen LogP contribution in [0.25, 0.3) is 0 Å². The first-order chi connectivity index (χ1) is 9.75. The van der Waals surface area contributed by atoms with Crippen molar-refractivity contribution in [3.63, 3.8) is 0 Å². The molecule has 0 fully saturated rings.